The van der Waals surface area contributed by atoms with Gasteiger partial charge in [0, 0.05) is 28.8 Å². The van der Waals surface area contributed by atoms with Gasteiger partial charge in [0.1, 0.15) is 11.5 Å². The topological polar surface area (TPSA) is 59.2 Å². The van der Waals surface area contributed by atoms with Crippen molar-refractivity contribution in [2.75, 3.05) is 19.0 Å². The average molecular weight is 361 g/mol. The van der Waals surface area contributed by atoms with Crippen molar-refractivity contribution in [3.8, 4) is 22.8 Å². The molecule has 2 N–H and O–H groups in total. The molecule has 0 radical (unpaired) electrons. The van der Waals surface area contributed by atoms with Crippen molar-refractivity contribution >= 4 is 5.69 Å². The normalized spacial score (nSPS) is 21.9. The summed E-state index contributed by atoms with van der Waals surface area (Å²) in [5.41, 5.74) is 5.60. The minimum Gasteiger partial charge on any atom is -0.496 e. The third-order valence-corrected chi connectivity index (χ3v) is 6.13. The first-order chi connectivity index (χ1) is 13.1. The van der Waals surface area contributed by atoms with E-state index in [0.717, 1.165) is 28.3 Å². The van der Waals surface area contributed by atoms with Gasteiger partial charge in [0.25, 0.3) is 0 Å². The van der Waals surface area contributed by atoms with Crippen LogP contribution in [-0.2, 0) is 5.41 Å². The molecule has 0 unspecified atom stereocenters. The Kier molecular flexibility index (Phi) is 3.47. The smallest absolute Gasteiger partial charge is 0.128 e. The number of methoxy groups -OCH3 is 1. The Hall–Kier alpha value is -2.95. The Labute approximate surface area is 158 Å². The van der Waals surface area contributed by atoms with Gasteiger partial charge in [0.05, 0.1) is 31.0 Å². The number of anilines is 1. The van der Waals surface area contributed by atoms with Crippen molar-refractivity contribution in [1.29, 1.82) is 0 Å². The van der Waals surface area contributed by atoms with Crippen LogP contribution in [0.15, 0.2) is 48.7 Å². The number of aromatic nitrogens is 2. The number of hydrogen-bond acceptors (Lipinski definition) is 4. The molecule has 0 spiro atoms. The number of fused-ring (bicyclic) bond motifs is 4. The summed E-state index contributed by atoms with van der Waals surface area (Å²) >= 11 is 0. The summed E-state index contributed by atoms with van der Waals surface area (Å²) in [7, 11) is 1.72. The lowest BCUT2D eigenvalue weighted by molar-refractivity contribution is 0.133. The van der Waals surface area contributed by atoms with Gasteiger partial charge >= 0.3 is 0 Å². The zero-order valence-electron chi connectivity index (χ0n) is 15.7. The van der Waals surface area contributed by atoms with Gasteiger partial charge in [-0.3, -0.25) is 5.10 Å². The maximum Gasteiger partial charge on any atom is 0.128 e. The van der Waals surface area contributed by atoms with E-state index in [2.05, 4.69) is 47.6 Å². The molecule has 1 aromatic heterocycles. The molecule has 0 saturated heterocycles. The number of hydrogen-bond donors (Lipinski definition) is 2. The molecule has 2 aliphatic rings. The highest BCUT2D eigenvalue weighted by atomic mass is 16.5. The molecule has 0 saturated carbocycles. The first kappa shape index (κ1) is 16.2. The van der Waals surface area contributed by atoms with Gasteiger partial charge in [-0.1, -0.05) is 26.0 Å². The van der Waals surface area contributed by atoms with Gasteiger partial charge in [-0.25, -0.2) is 0 Å². The van der Waals surface area contributed by atoms with E-state index in [-0.39, 0.29) is 11.5 Å². The highest BCUT2D eigenvalue weighted by molar-refractivity contribution is 5.70. The van der Waals surface area contributed by atoms with E-state index in [4.69, 9.17) is 9.47 Å². The summed E-state index contributed by atoms with van der Waals surface area (Å²) in [4.78, 5) is 0. The van der Waals surface area contributed by atoms with Crippen LogP contribution in [0.1, 0.15) is 31.0 Å². The van der Waals surface area contributed by atoms with Crippen molar-refractivity contribution in [2.45, 2.75) is 25.3 Å². The van der Waals surface area contributed by atoms with Crippen LogP contribution in [-0.4, -0.2) is 23.9 Å². The minimum absolute atomic E-state index is 0.0594. The fourth-order valence-electron chi connectivity index (χ4n) is 4.56. The van der Waals surface area contributed by atoms with Crippen LogP contribution in [0.2, 0.25) is 0 Å². The number of ether oxygens (including phenoxy) is 2. The predicted octanol–water partition coefficient (Wildman–Crippen LogP) is 4.54. The lowest BCUT2D eigenvalue weighted by Gasteiger charge is -2.48. The van der Waals surface area contributed by atoms with Crippen molar-refractivity contribution in [3.63, 3.8) is 0 Å². The fourth-order valence-corrected chi connectivity index (χ4v) is 4.56. The van der Waals surface area contributed by atoms with Gasteiger partial charge in [-0.2, -0.15) is 5.10 Å². The molecule has 2 atom stereocenters. The Morgan fingerprint density at radius 2 is 2.07 bits per heavy atom. The van der Waals surface area contributed by atoms with Gasteiger partial charge in [0.15, 0.2) is 0 Å². The molecule has 0 bridgehead atoms. The fraction of sp³-hybridized carbons (Fsp3) is 0.318. The predicted molar refractivity (Wildman–Crippen MR) is 105 cm³/mol. The second kappa shape index (κ2) is 5.78. The maximum atomic E-state index is 6.15. The molecule has 138 valence electrons. The standard InChI is InChI=1S/C22H23N3O2/c1-22(2)14-11-13(16-9-10-23-25-16)7-8-17(14)24-21-15(22)12-27-19-6-4-5-18(26-3)20(19)21/h4-11,15,21,24H,12H2,1-3H3,(H,23,25)/t15-,21-/m0/s1. The summed E-state index contributed by atoms with van der Waals surface area (Å²) in [5, 5.41) is 11.0. The zero-order valence-corrected chi connectivity index (χ0v) is 15.7. The summed E-state index contributed by atoms with van der Waals surface area (Å²) in [6, 6.07) is 14.7. The molecule has 3 aromatic rings. The SMILES string of the molecule is COc1cccc2c1[C@H]1Nc3ccc(-c4cc[nH]n4)cc3C(C)(C)[C@H]1CO2. The molecule has 0 aliphatic carbocycles. The monoisotopic (exact) mass is 361 g/mol. The Morgan fingerprint density at radius 3 is 2.85 bits per heavy atom. The van der Waals surface area contributed by atoms with Crippen LogP contribution < -0.4 is 14.8 Å². The van der Waals surface area contributed by atoms with Crippen LogP contribution in [0.25, 0.3) is 11.3 Å². The zero-order chi connectivity index (χ0) is 18.6. The van der Waals surface area contributed by atoms with E-state index in [1.165, 1.54) is 11.3 Å². The van der Waals surface area contributed by atoms with E-state index >= 15 is 0 Å². The molecule has 0 fully saturated rings. The minimum atomic E-state index is -0.0594. The first-order valence-electron chi connectivity index (χ1n) is 9.30. The van der Waals surface area contributed by atoms with Crippen LogP contribution in [0, 0.1) is 5.92 Å². The average Bonchev–Trinajstić information content (AvgIpc) is 3.22. The van der Waals surface area contributed by atoms with Gasteiger partial charge < -0.3 is 14.8 Å². The van der Waals surface area contributed by atoms with Gasteiger partial charge in [0.2, 0.25) is 0 Å². The second-order valence-corrected chi connectivity index (χ2v) is 7.85. The number of H-pyrrole nitrogens is 1. The highest BCUT2D eigenvalue weighted by Crippen LogP contribution is 2.54. The maximum absolute atomic E-state index is 6.15. The van der Waals surface area contributed by atoms with E-state index in [0.29, 0.717) is 12.5 Å². The second-order valence-electron chi connectivity index (χ2n) is 7.85. The van der Waals surface area contributed by atoms with Crippen LogP contribution in [0.4, 0.5) is 5.69 Å². The highest BCUT2D eigenvalue weighted by Gasteiger charge is 2.47. The number of benzene rings is 2. The van der Waals surface area contributed by atoms with Crippen molar-refractivity contribution in [2.24, 2.45) is 5.92 Å². The molecule has 5 heteroatoms. The van der Waals surface area contributed by atoms with Crippen LogP contribution in [0.3, 0.4) is 0 Å². The molecule has 0 amide bonds. The molecule has 5 rings (SSSR count). The van der Waals surface area contributed by atoms with E-state index < -0.39 is 0 Å². The lowest BCUT2D eigenvalue weighted by atomic mass is 9.65. The molecule has 5 nitrogen and oxygen atoms in total. The van der Waals surface area contributed by atoms with Crippen molar-refractivity contribution in [1.82, 2.24) is 10.2 Å². The largest absolute Gasteiger partial charge is 0.496 e. The van der Waals surface area contributed by atoms with Crippen molar-refractivity contribution < 1.29 is 9.47 Å². The van der Waals surface area contributed by atoms with E-state index in [1.807, 2.05) is 30.5 Å². The first-order valence-corrected chi connectivity index (χ1v) is 9.30. The molecule has 3 heterocycles. The number of nitrogens with one attached hydrogen (secondary N) is 2. The van der Waals surface area contributed by atoms with E-state index in [9.17, 15) is 0 Å². The summed E-state index contributed by atoms with van der Waals surface area (Å²) in [6.45, 7) is 5.29. The van der Waals surface area contributed by atoms with Crippen LogP contribution >= 0.6 is 0 Å². The molecule has 2 aromatic carbocycles. The molecule has 2 aliphatic heterocycles. The van der Waals surface area contributed by atoms with Gasteiger partial charge in [-0.05, 0) is 35.9 Å². The van der Waals surface area contributed by atoms with E-state index in [1.54, 1.807) is 7.11 Å². The molecular formula is C22H23N3O2. The molecule has 27 heavy (non-hydrogen) atoms. The van der Waals surface area contributed by atoms with Crippen molar-refractivity contribution in [3.05, 3.63) is 59.8 Å². The van der Waals surface area contributed by atoms with Crippen LogP contribution in [0.5, 0.6) is 11.5 Å². The summed E-state index contributed by atoms with van der Waals surface area (Å²) < 4.78 is 11.8. The molecular weight excluding hydrogens is 338 g/mol. The number of rotatable bonds is 2. The third-order valence-electron chi connectivity index (χ3n) is 6.13. The Bertz CT molecular complexity index is 981. The number of aromatic amines is 1. The quantitative estimate of drug-likeness (QED) is 0.704. The summed E-state index contributed by atoms with van der Waals surface area (Å²) in [5.74, 6) is 2.08. The van der Waals surface area contributed by atoms with Gasteiger partial charge in [-0.15, -0.1) is 0 Å². The summed E-state index contributed by atoms with van der Waals surface area (Å²) in [6.07, 6.45) is 1.85. The number of nitrogens with zero attached hydrogens (tertiary/aromatic N) is 1. The Balaban J connectivity index is 1.64. The lowest BCUT2D eigenvalue weighted by Crippen LogP contribution is -2.46. The third kappa shape index (κ3) is 2.34. The Morgan fingerprint density at radius 1 is 1.19 bits per heavy atom.